The molecular formula is C24H20N4O. The molecular weight excluding hydrogens is 360 g/mol. The van der Waals surface area contributed by atoms with Crippen LogP contribution < -0.4 is 5.32 Å². The molecule has 0 spiro atoms. The number of rotatable bonds is 0. The van der Waals surface area contributed by atoms with E-state index in [0.717, 1.165) is 63.2 Å². The molecule has 5 nitrogen and oxygen atoms in total. The Morgan fingerprint density at radius 2 is 1.59 bits per heavy atom. The fraction of sp³-hybridized carbons (Fsp3) is 0.208. The van der Waals surface area contributed by atoms with E-state index in [0.29, 0.717) is 12.2 Å². The predicted octanol–water partition coefficient (Wildman–Crippen LogP) is 4.50. The molecule has 6 aliphatic rings. The Kier molecular flexibility index (Phi) is 3.15. The summed E-state index contributed by atoms with van der Waals surface area (Å²) < 4.78 is 0. The van der Waals surface area contributed by atoms with Gasteiger partial charge in [-0.3, -0.25) is 0 Å². The summed E-state index contributed by atoms with van der Waals surface area (Å²) in [4.78, 5) is 14.2. The first-order chi connectivity index (χ1) is 13.9. The van der Waals surface area contributed by atoms with Gasteiger partial charge in [0.1, 0.15) is 5.76 Å². The van der Waals surface area contributed by atoms with Crippen molar-refractivity contribution < 1.29 is 5.11 Å². The van der Waals surface area contributed by atoms with E-state index in [9.17, 15) is 5.11 Å². The third kappa shape index (κ3) is 2.58. The molecule has 0 atom stereocenters. The summed E-state index contributed by atoms with van der Waals surface area (Å²) in [7, 11) is 0. The van der Waals surface area contributed by atoms with Crippen molar-refractivity contribution in [3.05, 3.63) is 94.0 Å². The Labute approximate surface area is 169 Å². The topological polar surface area (TPSA) is 69.3 Å². The number of aliphatic hydroxyl groups excluding tert-OH is 1. The highest BCUT2D eigenvalue weighted by atomic mass is 16.3. The lowest BCUT2D eigenvalue weighted by atomic mass is 9.87. The van der Waals surface area contributed by atoms with E-state index in [-0.39, 0.29) is 5.41 Å². The Morgan fingerprint density at radius 3 is 2.38 bits per heavy atom. The molecule has 0 unspecified atom stereocenters. The smallest absolute Gasteiger partial charge is 0.106 e. The van der Waals surface area contributed by atoms with Gasteiger partial charge in [0.05, 0.1) is 34.2 Å². The standard InChI is InChI=1S/C24H20N4O/c1-24(2)12-20-18-11-21(29)19-9-17(27-23(18)19)8-15-4-3-13(25-15)7-14-5-6-16(26-14)10-22(24)28-20/h3-10,28-29H,11-12H2,1-2H3. The zero-order chi connectivity index (χ0) is 19.8. The van der Waals surface area contributed by atoms with Crippen LogP contribution in [0.5, 0.6) is 0 Å². The molecule has 6 rings (SSSR count). The number of hydrogen-bond acceptors (Lipinski definition) is 5. The maximum absolute atomic E-state index is 10.6. The largest absolute Gasteiger partial charge is 0.511 e. The van der Waals surface area contributed by atoms with Gasteiger partial charge in [-0.15, -0.1) is 0 Å². The molecule has 1 fully saturated rings. The minimum Gasteiger partial charge on any atom is -0.511 e. The number of fused-ring (bicyclic) bond motifs is 5. The van der Waals surface area contributed by atoms with Crippen LogP contribution >= 0.6 is 0 Å². The van der Waals surface area contributed by atoms with Gasteiger partial charge in [-0.05, 0) is 55.0 Å². The first-order valence-electron chi connectivity index (χ1n) is 9.86. The van der Waals surface area contributed by atoms with Crippen LogP contribution in [0.2, 0.25) is 0 Å². The molecule has 0 radical (unpaired) electrons. The van der Waals surface area contributed by atoms with Crippen molar-refractivity contribution in [1.82, 2.24) is 5.32 Å². The van der Waals surface area contributed by atoms with Crippen molar-refractivity contribution in [2.45, 2.75) is 26.7 Å². The van der Waals surface area contributed by atoms with Gasteiger partial charge in [0, 0.05) is 34.4 Å². The van der Waals surface area contributed by atoms with Crippen molar-refractivity contribution in [3.63, 3.8) is 0 Å². The maximum atomic E-state index is 10.6. The fourth-order valence-corrected chi connectivity index (χ4v) is 4.45. The van der Waals surface area contributed by atoms with Crippen LogP contribution in [0, 0.1) is 5.41 Å². The summed E-state index contributed by atoms with van der Waals surface area (Å²) in [5.74, 6) is 0.389. The summed E-state index contributed by atoms with van der Waals surface area (Å²) in [5.41, 5.74) is 9.40. The number of nitrogens with one attached hydrogen (secondary N) is 1. The highest BCUT2D eigenvalue weighted by Gasteiger charge is 2.38. The highest BCUT2D eigenvalue weighted by Crippen LogP contribution is 2.44. The van der Waals surface area contributed by atoms with E-state index in [2.05, 4.69) is 30.2 Å². The molecule has 0 aromatic heterocycles. The first kappa shape index (κ1) is 16.5. The Morgan fingerprint density at radius 1 is 0.862 bits per heavy atom. The molecule has 0 saturated carbocycles. The van der Waals surface area contributed by atoms with Crippen molar-refractivity contribution in [1.29, 1.82) is 0 Å². The lowest BCUT2D eigenvalue weighted by Crippen LogP contribution is -2.15. The predicted molar refractivity (Wildman–Crippen MR) is 116 cm³/mol. The first-order valence-corrected chi connectivity index (χ1v) is 9.86. The van der Waals surface area contributed by atoms with Crippen molar-refractivity contribution in [2.24, 2.45) is 20.4 Å². The Balaban J connectivity index is 1.56. The van der Waals surface area contributed by atoms with Crippen LogP contribution in [-0.2, 0) is 0 Å². The average molecular weight is 380 g/mol. The molecule has 0 amide bonds. The second kappa shape index (κ2) is 5.54. The van der Waals surface area contributed by atoms with E-state index in [1.54, 1.807) is 0 Å². The van der Waals surface area contributed by atoms with E-state index >= 15 is 0 Å². The van der Waals surface area contributed by atoms with Crippen molar-refractivity contribution in [2.75, 3.05) is 0 Å². The molecule has 8 bridgehead atoms. The summed E-state index contributed by atoms with van der Waals surface area (Å²) in [6.45, 7) is 4.46. The molecule has 1 saturated heterocycles. The summed E-state index contributed by atoms with van der Waals surface area (Å²) in [6.07, 6.45) is 17.4. The van der Waals surface area contributed by atoms with E-state index in [1.807, 2.05) is 42.5 Å². The highest BCUT2D eigenvalue weighted by molar-refractivity contribution is 6.20. The monoisotopic (exact) mass is 380 g/mol. The van der Waals surface area contributed by atoms with Crippen LogP contribution in [0.15, 0.2) is 109 Å². The van der Waals surface area contributed by atoms with Crippen LogP contribution in [0.25, 0.3) is 0 Å². The second-order valence-corrected chi connectivity index (χ2v) is 8.65. The van der Waals surface area contributed by atoms with E-state index in [1.165, 1.54) is 0 Å². The van der Waals surface area contributed by atoms with Gasteiger partial charge in [-0.2, -0.15) is 0 Å². The van der Waals surface area contributed by atoms with Gasteiger partial charge < -0.3 is 10.4 Å². The van der Waals surface area contributed by atoms with Crippen molar-refractivity contribution >= 4 is 17.1 Å². The lowest BCUT2D eigenvalue weighted by molar-refractivity contribution is 0.400. The minimum atomic E-state index is -0.0409. The molecule has 5 aliphatic heterocycles. The van der Waals surface area contributed by atoms with Gasteiger partial charge in [-0.25, -0.2) is 15.0 Å². The molecule has 0 aromatic rings. The number of aliphatic imine (C=N–C) groups is 3. The Hall–Kier alpha value is -3.47. The van der Waals surface area contributed by atoms with Gasteiger partial charge in [0.2, 0.25) is 0 Å². The zero-order valence-corrected chi connectivity index (χ0v) is 16.3. The summed E-state index contributed by atoms with van der Waals surface area (Å²) >= 11 is 0. The van der Waals surface area contributed by atoms with Crippen LogP contribution in [-0.4, -0.2) is 22.2 Å². The quantitative estimate of drug-likeness (QED) is 0.650. The lowest BCUT2D eigenvalue weighted by Gasteiger charge is -2.17. The third-order valence-electron chi connectivity index (χ3n) is 5.98. The van der Waals surface area contributed by atoms with Crippen LogP contribution in [0.3, 0.4) is 0 Å². The van der Waals surface area contributed by atoms with Crippen molar-refractivity contribution in [3.8, 4) is 0 Å². The maximum Gasteiger partial charge on any atom is 0.106 e. The summed E-state index contributed by atoms with van der Waals surface area (Å²) in [5, 5.41) is 14.2. The zero-order valence-electron chi connectivity index (χ0n) is 16.3. The summed E-state index contributed by atoms with van der Waals surface area (Å²) in [6, 6.07) is 0. The number of nitrogens with zero attached hydrogens (tertiary/aromatic N) is 3. The molecule has 5 heteroatoms. The van der Waals surface area contributed by atoms with Gasteiger partial charge >= 0.3 is 0 Å². The number of allylic oxidation sites excluding steroid dienone is 12. The number of aliphatic hydroxyl groups is 1. The Bertz CT molecular complexity index is 1230. The second-order valence-electron chi connectivity index (χ2n) is 8.65. The fourth-order valence-electron chi connectivity index (χ4n) is 4.45. The minimum absolute atomic E-state index is 0.0409. The van der Waals surface area contributed by atoms with Gasteiger partial charge in [0.25, 0.3) is 0 Å². The number of hydrogen-bond donors (Lipinski definition) is 2. The molecule has 29 heavy (non-hydrogen) atoms. The molecule has 2 N–H and O–H groups in total. The molecule has 5 heterocycles. The normalized spacial score (nSPS) is 25.5. The molecule has 142 valence electrons. The molecule has 1 aliphatic carbocycles. The average Bonchev–Trinajstić information content (AvgIpc) is 3.44. The van der Waals surface area contributed by atoms with Gasteiger partial charge in [-0.1, -0.05) is 13.8 Å². The molecule has 0 aromatic carbocycles. The van der Waals surface area contributed by atoms with E-state index < -0.39 is 0 Å². The van der Waals surface area contributed by atoms with Crippen LogP contribution in [0.1, 0.15) is 26.7 Å². The third-order valence-corrected chi connectivity index (χ3v) is 5.98. The van der Waals surface area contributed by atoms with E-state index in [4.69, 9.17) is 9.98 Å². The van der Waals surface area contributed by atoms with Crippen LogP contribution in [0.4, 0.5) is 0 Å². The van der Waals surface area contributed by atoms with Gasteiger partial charge in [0.15, 0.2) is 0 Å². The SMILES string of the molecule is CC1(C)CC2=C3CC(O)=C4C=C(C=C5C=CC(=N5)C=C5C=CC(=N5)C=C1N2)N=C43.